The summed E-state index contributed by atoms with van der Waals surface area (Å²) < 4.78 is 7.40. The Labute approximate surface area is 105 Å². The zero-order valence-corrected chi connectivity index (χ0v) is 10.2. The molecule has 5 heteroatoms. The molecule has 0 aromatic carbocycles. The van der Waals surface area contributed by atoms with Gasteiger partial charge in [0.05, 0.1) is 0 Å². The smallest absolute Gasteiger partial charge is 0.161 e. The molecule has 0 radical (unpaired) electrons. The van der Waals surface area contributed by atoms with Gasteiger partial charge in [0, 0.05) is 19.6 Å². The molecule has 1 aliphatic heterocycles. The average Bonchev–Trinajstić information content (AvgIpc) is 2.75. The Bertz CT molecular complexity index is 519. The molecule has 3 heterocycles. The third-order valence-corrected chi connectivity index (χ3v) is 3.47. The molecule has 1 fully saturated rings. The summed E-state index contributed by atoms with van der Waals surface area (Å²) in [7, 11) is 0. The van der Waals surface area contributed by atoms with E-state index in [9.17, 15) is 0 Å². The van der Waals surface area contributed by atoms with Gasteiger partial charge in [-0.2, -0.15) is 0 Å². The maximum absolute atomic E-state index is 6.17. The van der Waals surface area contributed by atoms with Crippen LogP contribution in [-0.4, -0.2) is 27.8 Å². The lowest BCUT2D eigenvalue weighted by atomic mass is 9.98. The molecule has 1 atom stereocenters. The number of pyridine rings is 1. The molecule has 17 heavy (non-hydrogen) atoms. The third-order valence-electron chi connectivity index (χ3n) is 3.17. The summed E-state index contributed by atoms with van der Waals surface area (Å²) in [6, 6.07) is 5.67. The zero-order chi connectivity index (χ0) is 11.7. The Kier molecular flexibility index (Phi) is 2.99. The van der Waals surface area contributed by atoms with Crippen molar-refractivity contribution in [2.24, 2.45) is 5.92 Å². The molecule has 1 unspecified atom stereocenters. The molecule has 2 aromatic heterocycles. The topological polar surface area (TPSA) is 39.4 Å². The van der Waals surface area contributed by atoms with E-state index in [1.165, 1.54) is 6.42 Å². The quantitative estimate of drug-likeness (QED) is 0.770. The fourth-order valence-electron chi connectivity index (χ4n) is 2.32. The first-order valence-electron chi connectivity index (χ1n) is 5.91. The van der Waals surface area contributed by atoms with Crippen LogP contribution in [0.3, 0.4) is 0 Å². The van der Waals surface area contributed by atoms with E-state index in [1.54, 1.807) is 0 Å². The molecule has 4 nitrogen and oxygen atoms in total. The van der Waals surface area contributed by atoms with E-state index in [0.717, 1.165) is 37.5 Å². The summed E-state index contributed by atoms with van der Waals surface area (Å²) in [5, 5.41) is 9.02. The number of hydrogen-bond acceptors (Lipinski definition) is 3. The van der Waals surface area contributed by atoms with Crippen molar-refractivity contribution in [1.82, 2.24) is 14.6 Å². The molecule has 90 valence electrons. The lowest BCUT2D eigenvalue weighted by Crippen LogP contribution is -2.20. The molecular formula is C12H14ClN3O. The number of nitrogens with zero attached hydrogens (tertiary/aromatic N) is 3. The Morgan fingerprint density at radius 1 is 1.41 bits per heavy atom. The van der Waals surface area contributed by atoms with Gasteiger partial charge in [0.15, 0.2) is 5.65 Å². The monoisotopic (exact) mass is 251 g/mol. The molecule has 0 saturated carbocycles. The van der Waals surface area contributed by atoms with Gasteiger partial charge in [-0.3, -0.25) is 4.40 Å². The van der Waals surface area contributed by atoms with Crippen molar-refractivity contribution in [3.05, 3.63) is 29.2 Å². The molecule has 0 amide bonds. The van der Waals surface area contributed by atoms with Crippen molar-refractivity contribution in [3.8, 4) is 0 Å². The Morgan fingerprint density at radius 2 is 2.35 bits per heavy atom. The predicted octanol–water partition coefficient (Wildman–Crippen LogP) is 2.35. The molecule has 0 spiro atoms. The Morgan fingerprint density at radius 3 is 3.18 bits per heavy atom. The summed E-state index contributed by atoms with van der Waals surface area (Å²) in [4.78, 5) is 0. The second kappa shape index (κ2) is 4.63. The fraction of sp³-hybridized carbons (Fsp3) is 0.500. The fourth-order valence-corrected chi connectivity index (χ4v) is 2.57. The normalized spacial score (nSPS) is 20.9. The van der Waals surface area contributed by atoms with Gasteiger partial charge in [0.2, 0.25) is 0 Å². The van der Waals surface area contributed by atoms with Crippen molar-refractivity contribution in [3.63, 3.8) is 0 Å². The van der Waals surface area contributed by atoms with E-state index in [-0.39, 0.29) is 0 Å². The molecule has 1 aliphatic rings. The highest BCUT2D eigenvalue weighted by Gasteiger charge is 2.18. The molecule has 0 N–H and O–H groups in total. The summed E-state index contributed by atoms with van der Waals surface area (Å²) in [6.07, 6.45) is 3.21. The summed E-state index contributed by atoms with van der Waals surface area (Å²) in [5.74, 6) is 1.47. The van der Waals surface area contributed by atoms with Gasteiger partial charge in [-0.05, 0) is 30.9 Å². The van der Waals surface area contributed by atoms with Crippen LogP contribution in [0.1, 0.15) is 18.7 Å². The van der Waals surface area contributed by atoms with Crippen LogP contribution in [0.15, 0.2) is 18.2 Å². The standard InChI is InChI=1S/C12H14ClN3O/c13-10-4-1-5-11-14-15-12(16(10)11)7-9-3-2-6-17-8-9/h1,4-5,9H,2-3,6-8H2. The first-order chi connectivity index (χ1) is 8.34. The highest BCUT2D eigenvalue weighted by molar-refractivity contribution is 6.29. The molecule has 0 aliphatic carbocycles. The average molecular weight is 252 g/mol. The van der Waals surface area contributed by atoms with Gasteiger partial charge < -0.3 is 4.74 Å². The van der Waals surface area contributed by atoms with E-state index in [4.69, 9.17) is 16.3 Å². The summed E-state index contributed by atoms with van der Waals surface area (Å²) in [6.45, 7) is 1.71. The van der Waals surface area contributed by atoms with Crippen molar-refractivity contribution < 1.29 is 4.74 Å². The van der Waals surface area contributed by atoms with Crippen LogP contribution in [0.25, 0.3) is 5.65 Å². The Hall–Kier alpha value is -1.13. The maximum atomic E-state index is 6.17. The number of fused-ring (bicyclic) bond motifs is 1. The van der Waals surface area contributed by atoms with Gasteiger partial charge in [-0.25, -0.2) is 0 Å². The van der Waals surface area contributed by atoms with Crippen LogP contribution < -0.4 is 0 Å². The second-order valence-corrected chi connectivity index (χ2v) is 4.83. The number of hydrogen-bond donors (Lipinski definition) is 0. The van der Waals surface area contributed by atoms with E-state index in [0.29, 0.717) is 11.1 Å². The molecule has 0 bridgehead atoms. The lowest BCUT2D eigenvalue weighted by molar-refractivity contribution is 0.0542. The number of rotatable bonds is 2. The van der Waals surface area contributed by atoms with Crippen LogP contribution >= 0.6 is 11.6 Å². The zero-order valence-electron chi connectivity index (χ0n) is 9.47. The van der Waals surface area contributed by atoms with Crippen molar-refractivity contribution in [2.75, 3.05) is 13.2 Å². The number of halogens is 1. The van der Waals surface area contributed by atoms with Crippen molar-refractivity contribution in [2.45, 2.75) is 19.3 Å². The van der Waals surface area contributed by atoms with E-state index in [2.05, 4.69) is 10.2 Å². The van der Waals surface area contributed by atoms with Gasteiger partial charge >= 0.3 is 0 Å². The van der Waals surface area contributed by atoms with Gasteiger partial charge in [-0.15, -0.1) is 10.2 Å². The van der Waals surface area contributed by atoms with E-state index >= 15 is 0 Å². The second-order valence-electron chi connectivity index (χ2n) is 4.45. The Balaban J connectivity index is 1.89. The first-order valence-corrected chi connectivity index (χ1v) is 6.28. The van der Waals surface area contributed by atoms with Crippen LogP contribution in [0.5, 0.6) is 0 Å². The van der Waals surface area contributed by atoms with Crippen LogP contribution in [0, 0.1) is 5.92 Å². The summed E-state index contributed by atoms with van der Waals surface area (Å²) in [5.41, 5.74) is 0.809. The number of ether oxygens (including phenoxy) is 1. The number of aromatic nitrogens is 3. The third kappa shape index (κ3) is 2.15. The van der Waals surface area contributed by atoms with E-state index < -0.39 is 0 Å². The molecule has 1 saturated heterocycles. The minimum Gasteiger partial charge on any atom is -0.381 e. The SMILES string of the molecule is Clc1cccc2nnc(CC3CCCOC3)n12. The van der Waals surface area contributed by atoms with Crippen molar-refractivity contribution >= 4 is 17.2 Å². The molecular weight excluding hydrogens is 238 g/mol. The van der Waals surface area contributed by atoms with Crippen LogP contribution in [0.4, 0.5) is 0 Å². The van der Waals surface area contributed by atoms with Gasteiger partial charge in [0.25, 0.3) is 0 Å². The largest absolute Gasteiger partial charge is 0.381 e. The minimum atomic E-state index is 0.535. The molecule has 2 aromatic rings. The maximum Gasteiger partial charge on any atom is 0.161 e. The lowest BCUT2D eigenvalue weighted by Gasteiger charge is -2.21. The van der Waals surface area contributed by atoms with E-state index in [1.807, 2.05) is 22.6 Å². The first kappa shape index (κ1) is 11.0. The minimum absolute atomic E-state index is 0.535. The molecule has 3 rings (SSSR count). The summed E-state index contributed by atoms with van der Waals surface area (Å²) >= 11 is 6.17. The predicted molar refractivity (Wildman–Crippen MR) is 65.2 cm³/mol. The highest BCUT2D eigenvalue weighted by Crippen LogP contribution is 2.20. The van der Waals surface area contributed by atoms with Gasteiger partial charge in [0.1, 0.15) is 11.0 Å². The highest BCUT2D eigenvalue weighted by atomic mass is 35.5. The van der Waals surface area contributed by atoms with Gasteiger partial charge in [-0.1, -0.05) is 17.7 Å². The van der Waals surface area contributed by atoms with Crippen LogP contribution in [0.2, 0.25) is 5.15 Å². The van der Waals surface area contributed by atoms with Crippen molar-refractivity contribution in [1.29, 1.82) is 0 Å². The van der Waals surface area contributed by atoms with Crippen LogP contribution in [-0.2, 0) is 11.2 Å².